The number of amides is 2. The SMILES string of the molecule is Cc1nn(C)c(C)c1S(=O)(=O)N1CCCN(C(=O)NCc2ccc(F)cc2)CC1. The Kier molecular flexibility index (Phi) is 6.23. The summed E-state index contributed by atoms with van der Waals surface area (Å²) in [6, 6.07) is 5.66. The number of nitrogens with zero attached hydrogens (tertiary/aromatic N) is 4. The van der Waals surface area contributed by atoms with E-state index in [-0.39, 0.29) is 29.8 Å². The van der Waals surface area contributed by atoms with E-state index in [1.54, 1.807) is 42.6 Å². The van der Waals surface area contributed by atoms with Crippen molar-refractivity contribution in [2.75, 3.05) is 26.2 Å². The van der Waals surface area contributed by atoms with E-state index in [2.05, 4.69) is 10.4 Å². The number of sulfonamides is 1. The topological polar surface area (TPSA) is 87.5 Å². The lowest BCUT2D eigenvalue weighted by Gasteiger charge is -2.22. The summed E-state index contributed by atoms with van der Waals surface area (Å²) in [6.45, 7) is 5.04. The predicted octanol–water partition coefficient (Wildman–Crippen LogP) is 1.78. The Bertz CT molecular complexity index is 988. The minimum absolute atomic E-state index is 0.222. The maximum absolute atomic E-state index is 13.1. The van der Waals surface area contributed by atoms with Gasteiger partial charge in [0.1, 0.15) is 10.7 Å². The van der Waals surface area contributed by atoms with Crippen molar-refractivity contribution in [3.05, 3.63) is 47.0 Å². The largest absolute Gasteiger partial charge is 0.334 e. The summed E-state index contributed by atoms with van der Waals surface area (Å²) in [6.07, 6.45) is 0.543. The van der Waals surface area contributed by atoms with E-state index in [9.17, 15) is 17.6 Å². The molecule has 0 radical (unpaired) electrons. The second-order valence-corrected chi connectivity index (χ2v) is 9.03. The van der Waals surface area contributed by atoms with Gasteiger partial charge in [0.15, 0.2) is 0 Å². The van der Waals surface area contributed by atoms with Crippen molar-refractivity contribution in [2.24, 2.45) is 7.05 Å². The van der Waals surface area contributed by atoms with Crippen LogP contribution in [-0.2, 0) is 23.6 Å². The third kappa shape index (κ3) is 4.59. The normalized spacial score (nSPS) is 15.9. The molecule has 0 aliphatic carbocycles. The molecule has 29 heavy (non-hydrogen) atoms. The quantitative estimate of drug-likeness (QED) is 0.812. The van der Waals surface area contributed by atoms with Gasteiger partial charge in [-0.3, -0.25) is 4.68 Å². The first-order valence-electron chi connectivity index (χ1n) is 9.47. The third-order valence-electron chi connectivity index (χ3n) is 5.14. The molecule has 2 amide bonds. The molecule has 1 fully saturated rings. The maximum Gasteiger partial charge on any atom is 0.317 e. The highest BCUT2D eigenvalue weighted by Crippen LogP contribution is 2.24. The molecule has 0 spiro atoms. The van der Waals surface area contributed by atoms with Crippen LogP contribution in [0.3, 0.4) is 0 Å². The fraction of sp³-hybridized carbons (Fsp3) is 0.474. The first kappa shape index (κ1) is 21.3. The first-order valence-corrected chi connectivity index (χ1v) is 10.9. The number of nitrogens with one attached hydrogen (secondary N) is 1. The second kappa shape index (κ2) is 8.50. The number of hydrogen-bond acceptors (Lipinski definition) is 4. The average molecular weight is 424 g/mol. The zero-order valence-corrected chi connectivity index (χ0v) is 17.7. The summed E-state index contributed by atoms with van der Waals surface area (Å²) in [7, 11) is -1.96. The molecule has 1 aromatic heterocycles. The van der Waals surface area contributed by atoms with Crippen molar-refractivity contribution in [3.63, 3.8) is 0 Å². The van der Waals surface area contributed by atoms with Gasteiger partial charge in [-0.2, -0.15) is 9.40 Å². The Hall–Kier alpha value is -2.46. The van der Waals surface area contributed by atoms with Crippen LogP contribution in [0.2, 0.25) is 0 Å². The van der Waals surface area contributed by atoms with Crippen molar-refractivity contribution < 1.29 is 17.6 Å². The Labute approximate surface area is 170 Å². The number of halogens is 1. The average Bonchev–Trinajstić information content (AvgIpc) is 2.85. The zero-order chi connectivity index (χ0) is 21.2. The predicted molar refractivity (Wildman–Crippen MR) is 106 cm³/mol. The van der Waals surface area contributed by atoms with Gasteiger partial charge in [0, 0.05) is 39.8 Å². The standard InChI is InChI=1S/C19H26FN5O3S/c1-14-18(15(2)23(3)22-14)29(27,28)25-10-4-9-24(11-12-25)19(26)21-13-16-5-7-17(20)8-6-16/h5-8H,4,9-13H2,1-3H3,(H,21,26). The monoisotopic (exact) mass is 423 g/mol. The van der Waals surface area contributed by atoms with Crippen molar-refractivity contribution in [1.82, 2.24) is 24.3 Å². The molecule has 1 N–H and O–H groups in total. The van der Waals surface area contributed by atoms with Gasteiger partial charge in [-0.15, -0.1) is 0 Å². The molecule has 1 aliphatic heterocycles. The fourth-order valence-corrected chi connectivity index (χ4v) is 5.35. The Balaban J connectivity index is 1.63. The van der Waals surface area contributed by atoms with Gasteiger partial charge in [-0.25, -0.2) is 17.6 Å². The van der Waals surface area contributed by atoms with Crippen LogP contribution in [0.25, 0.3) is 0 Å². The number of carbonyl (C=O) groups excluding carboxylic acids is 1. The van der Waals surface area contributed by atoms with Crippen molar-refractivity contribution in [2.45, 2.75) is 31.7 Å². The number of benzene rings is 1. The van der Waals surface area contributed by atoms with E-state index < -0.39 is 10.0 Å². The Morgan fingerprint density at radius 2 is 1.83 bits per heavy atom. The van der Waals surface area contributed by atoms with E-state index in [0.717, 1.165) is 5.56 Å². The summed E-state index contributed by atoms with van der Waals surface area (Å²) in [5, 5.41) is 7.02. The lowest BCUT2D eigenvalue weighted by Crippen LogP contribution is -2.42. The molecular weight excluding hydrogens is 397 g/mol. The van der Waals surface area contributed by atoms with E-state index in [4.69, 9.17) is 0 Å². The van der Waals surface area contributed by atoms with Crippen LogP contribution in [0.5, 0.6) is 0 Å². The van der Waals surface area contributed by atoms with Crippen molar-refractivity contribution >= 4 is 16.1 Å². The molecule has 3 rings (SSSR count). The van der Waals surface area contributed by atoms with Gasteiger partial charge < -0.3 is 10.2 Å². The molecule has 0 atom stereocenters. The fourth-order valence-electron chi connectivity index (χ4n) is 3.49. The number of aryl methyl sites for hydroxylation is 2. The van der Waals surface area contributed by atoms with Crippen molar-refractivity contribution in [3.8, 4) is 0 Å². The summed E-state index contributed by atoms with van der Waals surface area (Å²) in [4.78, 5) is 14.3. The molecule has 0 bridgehead atoms. The summed E-state index contributed by atoms with van der Waals surface area (Å²) in [5.74, 6) is -0.326. The minimum Gasteiger partial charge on any atom is -0.334 e. The van der Waals surface area contributed by atoms with Gasteiger partial charge in [0.2, 0.25) is 10.0 Å². The van der Waals surface area contributed by atoms with E-state index in [0.29, 0.717) is 37.4 Å². The summed E-state index contributed by atoms with van der Waals surface area (Å²) >= 11 is 0. The van der Waals surface area contributed by atoms with Gasteiger partial charge in [-0.1, -0.05) is 12.1 Å². The maximum atomic E-state index is 13.1. The van der Waals surface area contributed by atoms with Crippen molar-refractivity contribution in [1.29, 1.82) is 0 Å². The molecule has 1 aliphatic rings. The molecule has 1 aromatic carbocycles. The smallest absolute Gasteiger partial charge is 0.317 e. The summed E-state index contributed by atoms with van der Waals surface area (Å²) in [5.41, 5.74) is 1.87. The number of urea groups is 1. The van der Waals surface area contributed by atoms with Crippen LogP contribution in [-0.4, -0.2) is 59.6 Å². The molecule has 158 valence electrons. The number of carbonyl (C=O) groups is 1. The molecule has 0 saturated carbocycles. The first-order chi connectivity index (χ1) is 13.7. The molecule has 8 nitrogen and oxygen atoms in total. The lowest BCUT2D eigenvalue weighted by molar-refractivity contribution is 0.200. The van der Waals surface area contributed by atoms with E-state index in [1.165, 1.54) is 16.4 Å². The highest BCUT2D eigenvalue weighted by Gasteiger charge is 2.32. The van der Waals surface area contributed by atoms with Crippen LogP contribution in [0, 0.1) is 19.7 Å². The molecule has 1 saturated heterocycles. The van der Waals surface area contributed by atoms with Crippen LogP contribution >= 0.6 is 0 Å². The van der Waals surface area contributed by atoms with E-state index >= 15 is 0 Å². The zero-order valence-electron chi connectivity index (χ0n) is 16.9. The second-order valence-electron chi connectivity index (χ2n) is 7.15. The van der Waals surface area contributed by atoms with Crippen LogP contribution in [0.4, 0.5) is 9.18 Å². The van der Waals surface area contributed by atoms with Gasteiger partial charge in [0.25, 0.3) is 0 Å². The minimum atomic E-state index is -3.68. The molecule has 2 aromatic rings. The number of rotatable bonds is 4. The van der Waals surface area contributed by atoms with Gasteiger partial charge >= 0.3 is 6.03 Å². The van der Waals surface area contributed by atoms with Gasteiger partial charge in [-0.05, 0) is 38.0 Å². The highest BCUT2D eigenvalue weighted by molar-refractivity contribution is 7.89. The number of hydrogen-bond donors (Lipinski definition) is 1. The third-order valence-corrected chi connectivity index (χ3v) is 7.29. The molecule has 10 heteroatoms. The highest BCUT2D eigenvalue weighted by atomic mass is 32.2. The molecule has 2 heterocycles. The lowest BCUT2D eigenvalue weighted by atomic mass is 10.2. The van der Waals surface area contributed by atoms with Gasteiger partial charge in [0.05, 0.1) is 11.4 Å². The van der Waals surface area contributed by atoms with Crippen LogP contribution in [0.15, 0.2) is 29.2 Å². The molecule has 0 unspecified atom stereocenters. The van der Waals surface area contributed by atoms with Crippen LogP contribution in [0.1, 0.15) is 23.4 Å². The number of aromatic nitrogens is 2. The Morgan fingerprint density at radius 1 is 1.14 bits per heavy atom. The summed E-state index contributed by atoms with van der Waals surface area (Å²) < 4.78 is 42.2. The molecular formula is C19H26FN5O3S. The van der Waals surface area contributed by atoms with Crippen LogP contribution < -0.4 is 5.32 Å². The Morgan fingerprint density at radius 3 is 2.45 bits per heavy atom. The van der Waals surface area contributed by atoms with E-state index in [1.807, 2.05) is 0 Å².